The first-order chi connectivity index (χ1) is 14.9. The number of carbonyl (C=O) groups is 1. The summed E-state index contributed by atoms with van der Waals surface area (Å²) < 4.78 is 39.8. The Balaban J connectivity index is 1.62. The monoisotopic (exact) mass is 429 g/mol. The standard InChI is InChI=1S/C24H26F3N3O/c1-2-10-28-23(31)20-14-18-13-19(24(25,26)27)8-9-21(18)30-12-11-29(16-22(20)30)15-17-6-4-3-5-7-17/h2-9,13,20,22H,1,10-12,14-16H2,(H,28,31). The van der Waals surface area contributed by atoms with Gasteiger partial charge in [-0.1, -0.05) is 36.4 Å². The molecule has 2 aromatic carbocycles. The van der Waals surface area contributed by atoms with Crippen molar-refractivity contribution in [1.29, 1.82) is 0 Å². The molecule has 4 nitrogen and oxygen atoms in total. The topological polar surface area (TPSA) is 35.6 Å². The Morgan fingerprint density at radius 3 is 2.65 bits per heavy atom. The van der Waals surface area contributed by atoms with Gasteiger partial charge < -0.3 is 10.2 Å². The van der Waals surface area contributed by atoms with Crippen LogP contribution in [0.25, 0.3) is 0 Å². The van der Waals surface area contributed by atoms with Crippen LogP contribution < -0.4 is 10.2 Å². The van der Waals surface area contributed by atoms with Crippen LogP contribution in [0, 0.1) is 5.92 Å². The van der Waals surface area contributed by atoms with E-state index in [4.69, 9.17) is 0 Å². The van der Waals surface area contributed by atoms with E-state index in [9.17, 15) is 18.0 Å². The zero-order chi connectivity index (χ0) is 22.0. The van der Waals surface area contributed by atoms with Gasteiger partial charge in [0.05, 0.1) is 17.5 Å². The number of carbonyl (C=O) groups excluding carboxylic acids is 1. The fourth-order valence-electron chi connectivity index (χ4n) is 4.65. The number of halogens is 3. The molecule has 2 aromatic rings. The Hall–Kier alpha value is -2.80. The molecule has 0 bridgehead atoms. The lowest BCUT2D eigenvalue weighted by Gasteiger charge is -2.49. The Morgan fingerprint density at radius 1 is 1.16 bits per heavy atom. The maximum atomic E-state index is 13.3. The van der Waals surface area contributed by atoms with Gasteiger partial charge in [0.2, 0.25) is 5.91 Å². The third-order valence-electron chi connectivity index (χ3n) is 6.13. The molecule has 1 N–H and O–H groups in total. The summed E-state index contributed by atoms with van der Waals surface area (Å²) in [6.45, 7) is 6.89. The summed E-state index contributed by atoms with van der Waals surface area (Å²) in [6.07, 6.45) is -2.50. The average Bonchev–Trinajstić information content (AvgIpc) is 2.76. The zero-order valence-electron chi connectivity index (χ0n) is 17.2. The number of amides is 1. The van der Waals surface area contributed by atoms with Gasteiger partial charge in [-0.15, -0.1) is 6.58 Å². The third kappa shape index (κ3) is 4.61. The first-order valence-electron chi connectivity index (χ1n) is 10.5. The summed E-state index contributed by atoms with van der Waals surface area (Å²) in [6, 6.07) is 14.0. The van der Waals surface area contributed by atoms with Crippen LogP contribution in [-0.2, 0) is 23.9 Å². The lowest BCUT2D eigenvalue weighted by atomic mass is 9.82. The van der Waals surface area contributed by atoms with Crippen molar-refractivity contribution >= 4 is 11.6 Å². The molecule has 0 aromatic heterocycles. The Labute approximate surface area is 180 Å². The normalized spacial score (nSPS) is 21.2. The van der Waals surface area contributed by atoms with Crippen molar-refractivity contribution in [2.45, 2.75) is 25.2 Å². The summed E-state index contributed by atoms with van der Waals surface area (Å²) in [4.78, 5) is 17.4. The van der Waals surface area contributed by atoms with E-state index < -0.39 is 17.7 Å². The van der Waals surface area contributed by atoms with Crippen LogP contribution in [0.4, 0.5) is 18.9 Å². The van der Waals surface area contributed by atoms with Crippen LogP contribution in [0.2, 0.25) is 0 Å². The largest absolute Gasteiger partial charge is 0.416 e. The van der Waals surface area contributed by atoms with Crippen LogP contribution in [0.5, 0.6) is 0 Å². The molecular formula is C24H26F3N3O. The van der Waals surface area contributed by atoms with Crippen LogP contribution >= 0.6 is 0 Å². The van der Waals surface area contributed by atoms with Gasteiger partial charge in [0.25, 0.3) is 0 Å². The number of anilines is 1. The Kier molecular flexibility index (Phi) is 6.05. The lowest BCUT2D eigenvalue weighted by Crippen LogP contribution is -2.60. The molecule has 1 amide bonds. The van der Waals surface area contributed by atoms with Crippen molar-refractivity contribution in [2.75, 3.05) is 31.1 Å². The van der Waals surface area contributed by atoms with Crippen LogP contribution in [0.15, 0.2) is 61.2 Å². The number of benzene rings is 2. The van der Waals surface area contributed by atoms with E-state index in [1.165, 1.54) is 11.6 Å². The number of alkyl halides is 3. The number of hydrogen-bond acceptors (Lipinski definition) is 3. The molecule has 4 rings (SSSR count). The molecule has 1 saturated heterocycles. The molecule has 2 unspecified atom stereocenters. The molecule has 31 heavy (non-hydrogen) atoms. The summed E-state index contributed by atoms with van der Waals surface area (Å²) >= 11 is 0. The summed E-state index contributed by atoms with van der Waals surface area (Å²) in [5, 5.41) is 2.85. The van der Waals surface area contributed by atoms with Gasteiger partial charge in [0, 0.05) is 38.4 Å². The first kappa shape index (κ1) is 21.4. The molecule has 0 radical (unpaired) electrons. The Morgan fingerprint density at radius 2 is 1.94 bits per heavy atom. The van der Waals surface area contributed by atoms with Crippen molar-refractivity contribution < 1.29 is 18.0 Å². The summed E-state index contributed by atoms with van der Waals surface area (Å²) in [7, 11) is 0. The second-order valence-corrected chi connectivity index (χ2v) is 8.17. The lowest BCUT2D eigenvalue weighted by molar-refractivity contribution is -0.137. The van der Waals surface area contributed by atoms with E-state index in [0.29, 0.717) is 31.6 Å². The van der Waals surface area contributed by atoms with E-state index >= 15 is 0 Å². The third-order valence-corrected chi connectivity index (χ3v) is 6.13. The molecule has 0 spiro atoms. The van der Waals surface area contributed by atoms with Gasteiger partial charge in [-0.25, -0.2) is 0 Å². The van der Waals surface area contributed by atoms with E-state index in [0.717, 1.165) is 24.8 Å². The molecule has 0 saturated carbocycles. The minimum Gasteiger partial charge on any atom is -0.365 e. The highest BCUT2D eigenvalue weighted by molar-refractivity contribution is 5.82. The van der Waals surface area contributed by atoms with Crippen LogP contribution in [0.1, 0.15) is 16.7 Å². The molecule has 2 atom stereocenters. The molecule has 164 valence electrons. The second-order valence-electron chi connectivity index (χ2n) is 8.17. The highest BCUT2D eigenvalue weighted by Gasteiger charge is 2.42. The molecular weight excluding hydrogens is 403 g/mol. The molecule has 2 heterocycles. The van der Waals surface area contributed by atoms with Gasteiger partial charge in [-0.2, -0.15) is 13.2 Å². The van der Waals surface area contributed by atoms with Crippen LogP contribution in [0.3, 0.4) is 0 Å². The first-order valence-corrected chi connectivity index (χ1v) is 10.5. The summed E-state index contributed by atoms with van der Waals surface area (Å²) in [5.74, 6) is -0.561. The summed E-state index contributed by atoms with van der Waals surface area (Å²) in [5.41, 5.74) is 1.93. The average molecular weight is 429 g/mol. The van der Waals surface area contributed by atoms with Gasteiger partial charge in [-0.05, 0) is 35.7 Å². The number of hydrogen-bond donors (Lipinski definition) is 1. The van der Waals surface area contributed by atoms with Gasteiger partial charge in [0.15, 0.2) is 0 Å². The highest BCUT2D eigenvalue weighted by atomic mass is 19.4. The van der Waals surface area contributed by atoms with E-state index in [1.807, 2.05) is 18.2 Å². The van der Waals surface area contributed by atoms with E-state index in [-0.39, 0.29) is 11.9 Å². The molecule has 2 aliphatic rings. The fourth-order valence-corrected chi connectivity index (χ4v) is 4.65. The molecule has 1 fully saturated rings. The quantitative estimate of drug-likeness (QED) is 0.733. The molecule has 0 aliphatic carbocycles. The number of nitrogens with one attached hydrogen (secondary N) is 1. The minimum atomic E-state index is -4.40. The SMILES string of the molecule is C=CCNC(=O)C1Cc2cc(C(F)(F)F)ccc2N2CCN(Cc3ccccc3)CC12. The molecule has 7 heteroatoms. The maximum Gasteiger partial charge on any atom is 0.416 e. The van der Waals surface area contributed by atoms with Gasteiger partial charge >= 0.3 is 6.18 Å². The van der Waals surface area contributed by atoms with Crippen LogP contribution in [-0.4, -0.2) is 43.0 Å². The molecule has 2 aliphatic heterocycles. The Bertz CT molecular complexity index is 945. The predicted molar refractivity (Wildman–Crippen MR) is 115 cm³/mol. The van der Waals surface area contributed by atoms with Gasteiger partial charge in [0.1, 0.15) is 0 Å². The fraction of sp³-hybridized carbons (Fsp3) is 0.375. The highest BCUT2D eigenvalue weighted by Crippen LogP contribution is 2.39. The van der Waals surface area contributed by atoms with Crippen molar-refractivity contribution in [3.63, 3.8) is 0 Å². The smallest absolute Gasteiger partial charge is 0.365 e. The van der Waals surface area contributed by atoms with Crippen molar-refractivity contribution in [3.05, 3.63) is 77.9 Å². The minimum absolute atomic E-state index is 0.0912. The number of fused-ring (bicyclic) bond motifs is 3. The maximum absolute atomic E-state index is 13.3. The number of rotatable bonds is 5. The van der Waals surface area contributed by atoms with Crippen molar-refractivity contribution in [3.8, 4) is 0 Å². The van der Waals surface area contributed by atoms with E-state index in [2.05, 4.69) is 33.8 Å². The number of nitrogens with zero attached hydrogens (tertiary/aromatic N) is 2. The van der Waals surface area contributed by atoms with Gasteiger partial charge in [-0.3, -0.25) is 9.69 Å². The van der Waals surface area contributed by atoms with Crippen molar-refractivity contribution in [1.82, 2.24) is 10.2 Å². The second kappa shape index (κ2) is 8.75. The van der Waals surface area contributed by atoms with E-state index in [1.54, 1.807) is 12.1 Å². The number of piperazine rings is 1. The predicted octanol–water partition coefficient (Wildman–Crippen LogP) is 3.87. The zero-order valence-corrected chi connectivity index (χ0v) is 17.2. The van der Waals surface area contributed by atoms with Crippen molar-refractivity contribution in [2.24, 2.45) is 5.92 Å².